The molecule has 13 heavy (non-hydrogen) atoms. The minimum absolute atomic E-state index is 0.173. The first-order valence-corrected chi connectivity index (χ1v) is 3.74. The van der Waals surface area contributed by atoms with Gasteiger partial charge in [-0.25, -0.2) is 13.9 Å². The van der Waals surface area contributed by atoms with E-state index in [4.69, 9.17) is 5.11 Å². The number of hydrogen-bond donors (Lipinski definition) is 1. The molecule has 1 aromatic heterocycles. The molecule has 0 aliphatic heterocycles. The van der Waals surface area contributed by atoms with Crippen molar-refractivity contribution < 1.29 is 14.3 Å². The number of aromatic nitrogens is 4. The first-order valence-electron chi connectivity index (χ1n) is 3.74. The molecule has 0 saturated heterocycles. The van der Waals surface area contributed by atoms with E-state index in [2.05, 4.69) is 15.5 Å². The van der Waals surface area contributed by atoms with E-state index in [9.17, 15) is 9.18 Å². The summed E-state index contributed by atoms with van der Waals surface area (Å²) in [7, 11) is 0. The smallest absolute Gasteiger partial charge is 0.375 e. The quantitative estimate of drug-likeness (QED) is 0.725. The molecule has 1 heterocycles. The average molecular weight is 188 g/mol. The van der Waals surface area contributed by atoms with Gasteiger partial charge in [-0.05, 0) is 23.8 Å². The normalized spacial score (nSPS) is 12.8. The summed E-state index contributed by atoms with van der Waals surface area (Å²) >= 11 is 0. The first kappa shape index (κ1) is 9.56. The lowest BCUT2D eigenvalue weighted by Gasteiger charge is -2.01. The Labute approximate surface area is 73.4 Å². The number of carboxylic acids is 1. The van der Waals surface area contributed by atoms with Crippen LogP contribution < -0.4 is 0 Å². The Kier molecular flexibility index (Phi) is 2.88. The fourth-order valence-corrected chi connectivity index (χ4v) is 0.809. The zero-order valence-corrected chi connectivity index (χ0v) is 7.01. The van der Waals surface area contributed by atoms with Gasteiger partial charge in [-0.2, -0.15) is 0 Å². The molecule has 0 saturated carbocycles. The largest absolute Gasteiger partial charge is 0.475 e. The molecular formula is C6H9FN4O2. The number of hydrogen-bond acceptors (Lipinski definition) is 4. The molecule has 0 aromatic carbocycles. The Hall–Kier alpha value is -1.53. The van der Waals surface area contributed by atoms with E-state index in [1.807, 2.05) is 0 Å². The summed E-state index contributed by atoms with van der Waals surface area (Å²) in [6.45, 7) is 1.57. The van der Waals surface area contributed by atoms with E-state index in [0.717, 1.165) is 4.68 Å². The van der Waals surface area contributed by atoms with Crippen LogP contribution >= 0.6 is 0 Å². The van der Waals surface area contributed by atoms with Gasteiger partial charge in [-0.1, -0.05) is 0 Å². The maximum absolute atomic E-state index is 12.4. The van der Waals surface area contributed by atoms with Gasteiger partial charge in [0.25, 0.3) is 5.82 Å². The Balaban J connectivity index is 2.65. The number of aromatic carboxylic acids is 1. The molecule has 0 aliphatic rings. The maximum Gasteiger partial charge on any atom is 0.375 e. The molecule has 0 radical (unpaired) electrons. The lowest BCUT2D eigenvalue weighted by molar-refractivity contribution is 0.0675. The molecule has 1 aromatic rings. The molecule has 6 nitrogen and oxygen atoms in total. The third kappa shape index (κ3) is 2.46. The lowest BCUT2D eigenvalue weighted by atomic mass is 10.3. The second kappa shape index (κ2) is 3.92. The van der Waals surface area contributed by atoms with Gasteiger partial charge in [-0.15, -0.1) is 5.10 Å². The van der Waals surface area contributed by atoms with Crippen molar-refractivity contribution in [1.29, 1.82) is 0 Å². The van der Waals surface area contributed by atoms with Crippen molar-refractivity contribution in [3.05, 3.63) is 5.82 Å². The molecule has 7 heteroatoms. The minimum Gasteiger partial charge on any atom is -0.475 e. The van der Waals surface area contributed by atoms with Crippen molar-refractivity contribution in [2.45, 2.75) is 26.1 Å². The molecular weight excluding hydrogens is 179 g/mol. The molecule has 0 aliphatic carbocycles. The van der Waals surface area contributed by atoms with Crippen molar-refractivity contribution in [2.75, 3.05) is 0 Å². The van der Waals surface area contributed by atoms with Gasteiger partial charge < -0.3 is 5.11 Å². The van der Waals surface area contributed by atoms with Crippen LogP contribution in [-0.4, -0.2) is 37.5 Å². The van der Waals surface area contributed by atoms with Gasteiger partial charge in [0, 0.05) is 6.54 Å². The summed E-state index contributed by atoms with van der Waals surface area (Å²) in [5.41, 5.74) is 0. The highest BCUT2D eigenvalue weighted by Crippen LogP contribution is 2.00. The van der Waals surface area contributed by atoms with Crippen molar-refractivity contribution >= 4 is 5.97 Å². The Bertz CT molecular complexity index is 299. The Morgan fingerprint density at radius 2 is 2.46 bits per heavy atom. The summed E-state index contributed by atoms with van der Waals surface area (Å²) in [5.74, 6) is -1.47. The number of alkyl halides is 1. The van der Waals surface area contributed by atoms with Crippen LogP contribution in [0.2, 0.25) is 0 Å². The van der Waals surface area contributed by atoms with Gasteiger partial charge in [-0.3, -0.25) is 0 Å². The molecule has 1 N–H and O–H groups in total. The van der Waals surface area contributed by atoms with E-state index in [-0.39, 0.29) is 18.8 Å². The van der Waals surface area contributed by atoms with E-state index in [0.29, 0.717) is 0 Å². The Morgan fingerprint density at radius 1 is 1.77 bits per heavy atom. The van der Waals surface area contributed by atoms with Crippen LogP contribution in [0.1, 0.15) is 24.0 Å². The van der Waals surface area contributed by atoms with Crippen molar-refractivity contribution in [3.63, 3.8) is 0 Å². The Morgan fingerprint density at radius 3 is 3.00 bits per heavy atom. The average Bonchev–Trinajstić information content (AvgIpc) is 2.47. The van der Waals surface area contributed by atoms with Gasteiger partial charge in [0.2, 0.25) is 0 Å². The summed E-state index contributed by atoms with van der Waals surface area (Å²) in [6.07, 6.45) is -0.795. The van der Waals surface area contributed by atoms with Crippen LogP contribution in [0.25, 0.3) is 0 Å². The highest BCUT2D eigenvalue weighted by atomic mass is 19.1. The molecule has 0 amide bonds. The van der Waals surface area contributed by atoms with Crippen LogP contribution in [-0.2, 0) is 6.54 Å². The number of halogens is 1. The molecule has 0 spiro atoms. The number of nitrogens with zero attached hydrogens (tertiary/aromatic N) is 4. The zero-order chi connectivity index (χ0) is 9.84. The van der Waals surface area contributed by atoms with Crippen LogP contribution in [0, 0.1) is 0 Å². The highest BCUT2D eigenvalue weighted by Gasteiger charge is 2.13. The maximum atomic E-state index is 12.4. The van der Waals surface area contributed by atoms with Crippen molar-refractivity contribution in [3.8, 4) is 0 Å². The van der Waals surface area contributed by atoms with Gasteiger partial charge in [0.15, 0.2) is 0 Å². The number of aryl methyl sites for hydroxylation is 1. The van der Waals surface area contributed by atoms with Gasteiger partial charge >= 0.3 is 5.97 Å². The molecule has 0 fully saturated rings. The van der Waals surface area contributed by atoms with Crippen LogP contribution in [0.4, 0.5) is 4.39 Å². The number of carboxylic acid groups (broad SMARTS) is 1. The van der Waals surface area contributed by atoms with Crippen molar-refractivity contribution in [1.82, 2.24) is 20.2 Å². The molecule has 72 valence electrons. The lowest BCUT2D eigenvalue weighted by Crippen LogP contribution is -2.13. The predicted molar refractivity (Wildman–Crippen MR) is 40.0 cm³/mol. The molecule has 1 rings (SSSR count). The van der Waals surface area contributed by atoms with Gasteiger partial charge in [0.1, 0.15) is 0 Å². The number of rotatable bonds is 4. The second-order valence-electron chi connectivity index (χ2n) is 2.60. The standard InChI is InChI=1S/C6H9FN4O2/c1-4(7)2-3-11-5(6(12)13)8-9-10-11/h4H,2-3H2,1H3,(H,12,13). The third-order valence-corrected chi connectivity index (χ3v) is 1.46. The molecule has 1 atom stereocenters. The van der Waals surface area contributed by atoms with E-state index < -0.39 is 12.1 Å². The number of tetrazole rings is 1. The fourth-order valence-electron chi connectivity index (χ4n) is 0.809. The third-order valence-electron chi connectivity index (χ3n) is 1.46. The van der Waals surface area contributed by atoms with Gasteiger partial charge in [0.05, 0.1) is 6.17 Å². The fraction of sp³-hybridized carbons (Fsp3) is 0.667. The molecule has 0 bridgehead atoms. The summed E-state index contributed by atoms with van der Waals surface area (Å²) in [5, 5.41) is 18.4. The van der Waals surface area contributed by atoms with E-state index in [1.54, 1.807) is 0 Å². The monoisotopic (exact) mass is 188 g/mol. The second-order valence-corrected chi connectivity index (χ2v) is 2.60. The van der Waals surface area contributed by atoms with Crippen LogP contribution in [0.5, 0.6) is 0 Å². The van der Waals surface area contributed by atoms with Crippen LogP contribution in [0.15, 0.2) is 0 Å². The van der Waals surface area contributed by atoms with E-state index in [1.165, 1.54) is 6.92 Å². The predicted octanol–water partition coefficient (Wildman–Crippen LogP) is 0.119. The number of carbonyl (C=O) groups is 1. The summed E-state index contributed by atoms with van der Waals surface area (Å²) in [4.78, 5) is 10.5. The summed E-state index contributed by atoms with van der Waals surface area (Å²) < 4.78 is 13.5. The van der Waals surface area contributed by atoms with E-state index >= 15 is 0 Å². The topological polar surface area (TPSA) is 80.9 Å². The van der Waals surface area contributed by atoms with Crippen molar-refractivity contribution in [2.24, 2.45) is 0 Å². The highest BCUT2D eigenvalue weighted by molar-refractivity contribution is 5.82. The SMILES string of the molecule is CC(F)CCn1nnnc1C(=O)O. The van der Waals surface area contributed by atoms with Crippen LogP contribution in [0.3, 0.4) is 0 Å². The minimum atomic E-state index is -1.21. The molecule has 1 unspecified atom stereocenters. The summed E-state index contributed by atoms with van der Waals surface area (Å²) in [6, 6.07) is 0. The zero-order valence-electron chi connectivity index (χ0n) is 7.01. The first-order chi connectivity index (χ1) is 6.11.